The van der Waals surface area contributed by atoms with E-state index in [9.17, 15) is 4.79 Å². The maximum atomic E-state index is 11.6. The molecule has 0 radical (unpaired) electrons. The molecule has 1 unspecified atom stereocenters. The van der Waals surface area contributed by atoms with Gasteiger partial charge in [-0.3, -0.25) is 4.79 Å². The van der Waals surface area contributed by atoms with Crippen molar-refractivity contribution in [3.05, 3.63) is 36.7 Å². The molecule has 0 saturated carbocycles. The molecular weight excluding hydrogens is 394 g/mol. The van der Waals surface area contributed by atoms with E-state index in [-0.39, 0.29) is 17.9 Å². The number of aryl methyl sites for hydroxylation is 1. The minimum absolute atomic E-state index is 0.0766. The molecule has 31 heavy (non-hydrogen) atoms. The molecule has 0 aliphatic carbocycles. The van der Waals surface area contributed by atoms with Gasteiger partial charge in [-0.15, -0.1) is 0 Å². The fraction of sp³-hybridized carbons (Fsp3) is 0.435. The zero-order chi connectivity index (χ0) is 21.4. The van der Waals surface area contributed by atoms with Gasteiger partial charge in [0, 0.05) is 50.3 Å². The van der Waals surface area contributed by atoms with Gasteiger partial charge in [0.25, 0.3) is 0 Å². The van der Waals surface area contributed by atoms with Crippen molar-refractivity contribution < 1.29 is 14.3 Å². The Hall–Kier alpha value is -3.13. The Labute approximate surface area is 181 Å². The third kappa shape index (κ3) is 3.95. The Kier molecular flexibility index (Phi) is 5.23. The molecule has 1 aromatic carbocycles. The van der Waals surface area contributed by atoms with Crippen molar-refractivity contribution in [1.29, 1.82) is 0 Å². The number of fused-ring (bicyclic) bond motifs is 1. The van der Waals surface area contributed by atoms with Gasteiger partial charge in [0.15, 0.2) is 0 Å². The molecular formula is C23H27N5O3. The van der Waals surface area contributed by atoms with Crippen LogP contribution < -0.4 is 15.0 Å². The summed E-state index contributed by atoms with van der Waals surface area (Å²) in [5.41, 5.74) is 4.70. The first-order chi connectivity index (χ1) is 15.1. The van der Waals surface area contributed by atoms with Crippen LogP contribution in [0.5, 0.6) is 5.88 Å². The van der Waals surface area contributed by atoms with Crippen molar-refractivity contribution in [2.75, 3.05) is 37.7 Å². The fourth-order valence-corrected chi connectivity index (χ4v) is 4.28. The zero-order valence-electron chi connectivity index (χ0n) is 17.9. The number of aromatic nitrogens is 3. The predicted octanol–water partition coefficient (Wildman–Crippen LogP) is 2.38. The van der Waals surface area contributed by atoms with Crippen LogP contribution in [0.15, 0.2) is 36.7 Å². The molecule has 3 aromatic rings. The Bertz CT molecular complexity index is 1110. The molecule has 2 saturated heterocycles. The third-order valence-corrected chi connectivity index (χ3v) is 6.15. The molecule has 4 heterocycles. The number of rotatable bonds is 5. The van der Waals surface area contributed by atoms with E-state index in [1.165, 1.54) is 0 Å². The predicted molar refractivity (Wildman–Crippen MR) is 118 cm³/mol. The summed E-state index contributed by atoms with van der Waals surface area (Å²) in [7, 11) is 1.94. The van der Waals surface area contributed by atoms with Gasteiger partial charge < -0.3 is 24.3 Å². The van der Waals surface area contributed by atoms with Crippen LogP contribution >= 0.6 is 0 Å². The maximum absolute atomic E-state index is 11.6. The summed E-state index contributed by atoms with van der Waals surface area (Å²) in [6.07, 6.45) is 2.12. The second-order valence-electron chi connectivity index (χ2n) is 8.28. The van der Waals surface area contributed by atoms with Gasteiger partial charge in [-0.2, -0.15) is 0 Å². The number of pyridine rings is 1. The van der Waals surface area contributed by atoms with Gasteiger partial charge in [0.05, 0.1) is 30.8 Å². The van der Waals surface area contributed by atoms with Gasteiger partial charge in [0.1, 0.15) is 11.6 Å². The molecule has 2 aliphatic heterocycles. The molecule has 0 bridgehead atoms. The first kappa shape index (κ1) is 19.8. The minimum atomic E-state index is -0.139. The van der Waals surface area contributed by atoms with Gasteiger partial charge in [-0.05, 0) is 25.1 Å². The summed E-state index contributed by atoms with van der Waals surface area (Å²) in [6.45, 7) is 5.90. The quantitative estimate of drug-likeness (QED) is 0.681. The summed E-state index contributed by atoms with van der Waals surface area (Å²) in [4.78, 5) is 23.4. The van der Waals surface area contributed by atoms with E-state index in [1.54, 1.807) is 6.33 Å². The highest BCUT2D eigenvalue weighted by Crippen LogP contribution is 2.32. The first-order valence-corrected chi connectivity index (χ1v) is 10.8. The molecule has 8 nitrogen and oxygen atoms in total. The smallest absolute Gasteiger partial charge is 0.241 e. The molecule has 2 atom stereocenters. The van der Waals surface area contributed by atoms with E-state index in [0.717, 1.165) is 54.3 Å². The lowest BCUT2D eigenvalue weighted by Gasteiger charge is -2.29. The number of amides is 1. The van der Waals surface area contributed by atoms with Crippen LogP contribution in [0.1, 0.15) is 13.3 Å². The summed E-state index contributed by atoms with van der Waals surface area (Å²) < 4.78 is 13.7. The molecule has 1 N–H and O–H groups in total. The van der Waals surface area contributed by atoms with Crippen LogP contribution in [-0.2, 0) is 16.6 Å². The topological polar surface area (TPSA) is 81.5 Å². The van der Waals surface area contributed by atoms with Crippen molar-refractivity contribution in [1.82, 2.24) is 19.9 Å². The van der Waals surface area contributed by atoms with Crippen molar-refractivity contribution >= 4 is 22.6 Å². The van der Waals surface area contributed by atoms with Crippen molar-refractivity contribution in [2.24, 2.45) is 13.0 Å². The number of morpholine rings is 1. The normalized spacial score (nSPS) is 20.1. The Balaban J connectivity index is 1.49. The Morgan fingerprint density at radius 2 is 2.10 bits per heavy atom. The number of carbonyl (C=O) groups excluding carboxylic acids is 1. The monoisotopic (exact) mass is 421 g/mol. The third-order valence-electron chi connectivity index (χ3n) is 6.15. The summed E-state index contributed by atoms with van der Waals surface area (Å²) >= 11 is 0. The molecule has 1 amide bonds. The van der Waals surface area contributed by atoms with E-state index in [1.807, 2.05) is 24.6 Å². The number of imidazole rings is 1. The number of hydrogen-bond donors (Lipinski definition) is 1. The lowest BCUT2D eigenvalue weighted by Crippen LogP contribution is -2.36. The van der Waals surface area contributed by atoms with Gasteiger partial charge >= 0.3 is 0 Å². The number of nitrogens with one attached hydrogen (secondary N) is 1. The zero-order valence-corrected chi connectivity index (χ0v) is 17.9. The van der Waals surface area contributed by atoms with Crippen LogP contribution in [0.25, 0.3) is 22.3 Å². The molecule has 0 spiro atoms. The van der Waals surface area contributed by atoms with Crippen LogP contribution in [0.4, 0.5) is 5.69 Å². The number of carbonyl (C=O) groups is 1. The van der Waals surface area contributed by atoms with E-state index < -0.39 is 0 Å². The lowest BCUT2D eigenvalue weighted by molar-refractivity contribution is -0.119. The lowest BCUT2D eigenvalue weighted by atomic mass is 10.0. The molecule has 162 valence electrons. The number of ether oxygens (including phenoxy) is 2. The van der Waals surface area contributed by atoms with Gasteiger partial charge in [0.2, 0.25) is 11.8 Å². The van der Waals surface area contributed by atoms with E-state index >= 15 is 0 Å². The highest BCUT2D eigenvalue weighted by Gasteiger charge is 2.29. The highest BCUT2D eigenvalue weighted by molar-refractivity contribution is 5.85. The molecule has 2 aromatic heterocycles. The van der Waals surface area contributed by atoms with Crippen molar-refractivity contribution in [3.8, 4) is 17.1 Å². The number of hydrogen-bond acceptors (Lipinski definition) is 6. The largest absolute Gasteiger partial charge is 0.473 e. The Morgan fingerprint density at radius 3 is 2.87 bits per heavy atom. The van der Waals surface area contributed by atoms with E-state index in [2.05, 4.69) is 39.5 Å². The summed E-state index contributed by atoms with van der Waals surface area (Å²) in [5.74, 6) is 0.759. The highest BCUT2D eigenvalue weighted by atomic mass is 16.5. The van der Waals surface area contributed by atoms with Crippen molar-refractivity contribution in [2.45, 2.75) is 19.4 Å². The van der Waals surface area contributed by atoms with E-state index in [4.69, 9.17) is 14.5 Å². The van der Waals surface area contributed by atoms with Gasteiger partial charge in [-0.25, -0.2) is 9.97 Å². The maximum Gasteiger partial charge on any atom is 0.241 e. The first-order valence-electron chi connectivity index (χ1n) is 10.8. The van der Waals surface area contributed by atoms with Crippen LogP contribution in [0.3, 0.4) is 0 Å². The second-order valence-corrected chi connectivity index (χ2v) is 8.28. The fourth-order valence-electron chi connectivity index (χ4n) is 4.28. The molecule has 2 fully saturated rings. The number of nitrogens with zero attached hydrogens (tertiary/aromatic N) is 4. The van der Waals surface area contributed by atoms with Crippen LogP contribution in [0, 0.1) is 5.92 Å². The molecule has 8 heteroatoms. The van der Waals surface area contributed by atoms with Gasteiger partial charge in [-0.1, -0.05) is 12.1 Å². The number of benzene rings is 1. The SMILES string of the molecule is CC(Oc1nc(-c2cccc(N3CCOCC3)c2)cc2ncn(C)c12)[C@H]1CNC(=O)C1. The molecule has 2 aliphatic rings. The van der Waals surface area contributed by atoms with Crippen molar-refractivity contribution in [3.63, 3.8) is 0 Å². The average molecular weight is 422 g/mol. The summed E-state index contributed by atoms with van der Waals surface area (Å²) in [5, 5.41) is 2.88. The van der Waals surface area contributed by atoms with Crippen LogP contribution in [-0.4, -0.2) is 59.4 Å². The second kappa shape index (κ2) is 8.19. The number of anilines is 1. The Morgan fingerprint density at radius 1 is 1.26 bits per heavy atom. The minimum Gasteiger partial charge on any atom is -0.473 e. The summed E-state index contributed by atoms with van der Waals surface area (Å²) in [6, 6.07) is 10.4. The van der Waals surface area contributed by atoms with E-state index in [0.29, 0.717) is 18.8 Å². The molecule has 5 rings (SSSR count). The standard InChI is InChI=1S/C23H27N5O3/c1-15(17-11-21(29)24-13-17)31-23-22-20(25-14-27(22)2)12-19(26-23)16-4-3-5-18(10-16)28-6-8-30-9-7-28/h3-5,10,12,14-15,17H,6-9,11,13H2,1-2H3,(H,24,29)/t15?,17-/m1/s1. The average Bonchev–Trinajstić information content (AvgIpc) is 3.40. The van der Waals surface area contributed by atoms with Crippen LogP contribution in [0.2, 0.25) is 0 Å².